The van der Waals surface area contributed by atoms with E-state index >= 15 is 0 Å². The Morgan fingerprint density at radius 2 is 1.80 bits per heavy atom. The summed E-state index contributed by atoms with van der Waals surface area (Å²) in [4.78, 5) is 12.6. The van der Waals surface area contributed by atoms with Gasteiger partial charge in [0.1, 0.15) is 17.4 Å². The van der Waals surface area contributed by atoms with Gasteiger partial charge in [0.15, 0.2) is 5.82 Å². The Balaban J connectivity index is 2.31. The summed E-state index contributed by atoms with van der Waals surface area (Å²) >= 11 is 0. The van der Waals surface area contributed by atoms with Crippen molar-refractivity contribution in [2.24, 2.45) is 0 Å². The quantitative estimate of drug-likeness (QED) is 0.923. The maximum absolute atomic E-state index is 9.39. The fourth-order valence-electron chi connectivity index (χ4n) is 1.89. The lowest BCUT2D eigenvalue weighted by atomic mass is 10.1. The van der Waals surface area contributed by atoms with Gasteiger partial charge >= 0.3 is 0 Å². The second-order valence-electron chi connectivity index (χ2n) is 4.34. The van der Waals surface area contributed by atoms with Gasteiger partial charge in [-0.15, -0.1) is 0 Å². The van der Waals surface area contributed by atoms with Crippen LogP contribution in [-0.4, -0.2) is 27.2 Å². The minimum Gasteiger partial charge on any atom is -0.497 e. The normalized spacial score (nSPS) is 11.0. The minimum atomic E-state index is -0.0495. The average molecular weight is 271 g/mol. The number of benzene rings is 1. The van der Waals surface area contributed by atoms with Gasteiger partial charge in [-0.2, -0.15) is 0 Å². The highest BCUT2D eigenvalue weighted by molar-refractivity contribution is 5.69. The van der Waals surface area contributed by atoms with Crippen molar-refractivity contribution in [2.45, 2.75) is 20.5 Å². The molecule has 0 fully saturated rings. The van der Waals surface area contributed by atoms with E-state index in [1.807, 2.05) is 44.2 Å². The highest BCUT2D eigenvalue weighted by atomic mass is 16.5. The molecule has 0 saturated heterocycles. The zero-order chi connectivity index (χ0) is 14.5. The van der Waals surface area contributed by atoms with Crippen molar-refractivity contribution in [1.29, 1.82) is 0 Å². The fraction of sp³-hybridized carbons (Fsp3) is 0.267. The van der Waals surface area contributed by atoms with Crippen molar-refractivity contribution in [1.82, 2.24) is 15.0 Å². The Morgan fingerprint density at radius 1 is 1.10 bits per heavy atom. The summed E-state index contributed by atoms with van der Waals surface area (Å²) in [5.41, 5.74) is 1.70. The summed E-state index contributed by atoms with van der Waals surface area (Å²) in [6.45, 7) is 3.61. The number of nitrogens with zero attached hydrogens (tertiary/aromatic N) is 3. The van der Waals surface area contributed by atoms with E-state index in [2.05, 4.69) is 15.0 Å². The number of aryl methyl sites for hydroxylation is 2. The van der Waals surface area contributed by atoms with Crippen LogP contribution in [0.25, 0.3) is 12.2 Å². The smallest absolute Gasteiger partial charge is 0.156 e. The van der Waals surface area contributed by atoms with Crippen LogP contribution in [-0.2, 0) is 6.61 Å². The van der Waals surface area contributed by atoms with Crippen molar-refractivity contribution >= 4 is 12.2 Å². The van der Waals surface area contributed by atoms with Gasteiger partial charge in [0, 0.05) is 0 Å². The lowest BCUT2D eigenvalue weighted by molar-refractivity contribution is 0.280. The van der Waals surface area contributed by atoms with Crippen molar-refractivity contribution in [2.75, 3.05) is 7.11 Å². The topological polar surface area (TPSA) is 68.1 Å². The second-order valence-corrected chi connectivity index (χ2v) is 4.34. The van der Waals surface area contributed by atoms with E-state index in [4.69, 9.17) is 4.74 Å². The average Bonchev–Trinajstić information content (AvgIpc) is 2.44. The molecule has 1 N–H and O–H groups in total. The number of methoxy groups -OCH3 is 1. The third-order valence-electron chi connectivity index (χ3n) is 2.81. The number of hydrogen-bond acceptors (Lipinski definition) is 5. The molecule has 0 aliphatic carbocycles. The van der Waals surface area contributed by atoms with Crippen LogP contribution < -0.4 is 4.74 Å². The van der Waals surface area contributed by atoms with E-state index in [0.29, 0.717) is 17.5 Å². The highest BCUT2D eigenvalue weighted by Gasteiger charge is 2.02. The van der Waals surface area contributed by atoms with Crippen molar-refractivity contribution in [3.05, 3.63) is 46.8 Å². The summed E-state index contributed by atoms with van der Waals surface area (Å²) in [5.74, 6) is 2.70. The number of aromatic nitrogens is 3. The molecule has 0 spiro atoms. The number of aliphatic hydroxyl groups is 1. The molecule has 5 heteroatoms. The molecule has 0 saturated carbocycles. The van der Waals surface area contributed by atoms with Crippen LogP contribution >= 0.6 is 0 Å². The molecule has 1 aromatic carbocycles. The third-order valence-corrected chi connectivity index (χ3v) is 2.81. The molecule has 1 aromatic heterocycles. The second kappa shape index (κ2) is 6.25. The molecule has 104 valence electrons. The van der Waals surface area contributed by atoms with E-state index in [-0.39, 0.29) is 6.61 Å². The van der Waals surface area contributed by atoms with E-state index < -0.39 is 0 Å². The van der Waals surface area contributed by atoms with Gasteiger partial charge in [0.05, 0.1) is 13.7 Å². The van der Waals surface area contributed by atoms with Crippen LogP contribution in [0.5, 0.6) is 5.75 Å². The van der Waals surface area contributed by atoms with Crippen LogP contribution in [0.2, 0.25) is 0 Å². The SMILES string of the molecule is COc1ccc(/C=C/c2nc(C)nc(C)n2)c(CO)c1. The van der Waals surface area contributed by atoms with Crippen molar-refractivity contribution < 1.29 is 9.84 Å². The summed E-state index contributed by atoms with van der Waals surface area (Å²) in [6.07, 6.45) is 3.68. The Hall–Kier alpha value is -2.27. The van der Waals surface area contributed by atoms with Crippen molar-refractivity contribution in [3.63, 3.8) is 0 Å². The first-order chi connectivity index (χ1) is 9.62. The first-order valence-electron chi connectivity index (χ1n) is 6.27. The summed E-state index contributed by atoms with van der Waals surface area (Å²) < 4.78 is 5.14. The number of aliphatic hydroxyl groups excluding tert-OH is 1. The maximum Gasteiger partial charge on any atom is 0.156 e. The molecule has 1 heterocycles. The first-order valence-corrected chi connectivity index (χ1v) is 6.27. The largest absolute Gasteiger partial charge is 0.497 e. The van der Waals surface area contributed by atoms with Crippen LogP contribution in [0.3, 0.4) is 0 Å². The molecule has 0 unspecified atom stereocenters. The van der Waals surface area contributed by atoms with Crippen LogP contribution in [0.15, 0.2) is 18.2 Å². The fourth-order valence-corrected chi connectivity index (χ4v) is 1.89. The zero-order valence-corrected chi connectivity index (χ0v) is 11.8. The Morgan fingerprint density at radius 3 is 2.40 bits per heavy atom. The molecule has 5 nitrogen and oxygen atoms in total. The molecule has 0 amide bonds. The predicted octanol–water partition coefficient (Wildman–Crippen LogP) is 2.16. The van der Waals surface area contributed by atoms with Crippen molar-refractivity contribution in [3.8, 4) is 5.75 Å². The lowest BCUT2D eigenvalue weighted by Gasteiger charge is -2.06. The summed E-state index contributed by atoms with van der Waals surface area (Å²) in [5, 5.41) is 9.39. The van der Waals surface area contributed by atoms with Gasteiger partial charge in [-0.1, -0.05) is 12.1 Å². The molecular weight excluding hydrogens is 254 g/mol. The molecule has 0 aliphatic rings. The molecule has 2 rings (SSSR count). The minimum absolute atomic E-state index is 0.0495. The molecule has 0 radical (unpaired) electrons. The molecule has 2 aromatic rings. The van der Waals surface area contributed by atoms with E-state index in [9.17, 15) is 5.11 Å². The summed E-state index contributed by atoms with van der Waals surface area (Å²) in [7, 11) is 1.60. The number of rotatable bonds is 4. The Bertz CT molecular complexity index is 619. The van der Waals surface area contributed by atoms with E-state index in [1.165, 1.54) is 0 Å². The highest BCUT2D eigenvalue weighted by Crippen LogP contribution is 2.19. The van der Waals surface area contributed by atoms with Crippen LogP contribution in [0.4, 0.5) is 0 Å². The first kappa shape index (κ1) is 14.1. The van der Waals surface area contributed by atoms with Gasteiger partial charge in [-0.05, 0) is 43.2 Å². The monoisotopic (exact) mass is 271 g/mol. The maximum atomic E-state index is 9.39. The van der Waals surface area contributed by atoms with Gasteiger partial charge < -0.3 is 9.84 Å². The molecule has 0 bridgehead atoms. The Kier molecular flexibility index (Phi) is 4.42. The van der Waals surface area contributed by atoms with Gasteiger partial charge in [0.25, 0.3) is 0 Å². The predicted molar refractivity (Wildman–Crippen MR) is 77.1 cm³/mol. The van der Waals surface area contributed by atoms with E-state index in [1.54, 1.807) is 7.11 Å². The molecular formula is C15H17N3O2. The lowest BCUT2D eigenvalue weighted by Crippen LogP contribution is -1.98. The standard InChI is InChI=1S/C15H17N3O2/c1-10-16-11(2)18-15(17-10)7-5-12-4-6-14(20-3)8-13(12)9-19/h4-8,19H,9H2,1-3H3/b7-5+. The number of ether oxygens (including phenoxy) is 1. The van der Waals surface area contributed by atoms with Crippen LogP contribution in [0.1, 0.15) is 28.6 Å². The van der Waals surface area contributed by atoms with Gasteiger partial charge in [-0.3, -0.25) is 0 Å². The third kappa shape index (κ3) is 3.39. The van der Waals surface area contributed by atoms with Gasteiger partial charge in [-0.25, -0.2) is 15.0 Å². The van der Waals surface area contributed by atoms with Crippen LogP contribution in [0, 0.1) is 13.8 Å². The number of hydrogen-bond donors (Lipinski definition) is 1. The molecule has 0 aliphatic heterocycles. The zero-order valence-electron chi connectivity index (χ0n) is 11.8. The molecule has 0 atom stereocenters. The molecule has 20 heavy (non-hydrogen) atoms. The summed E-state index contributed by atoms with van der Waals surface area (Å²) in [6, 6.07) is 5.55. The Labute approximate surface area is 118 Å². The van der Waals surface area contributed by atoms with E-state index in [0.717, 1.165) is 16.9 Å². The van der Waals surface area contributed by atoms with Gasteiger partial charge in [0.2, 0.25) is 0 Å².